The molecule has 2 rings (SSSR count). The zero-order chi connectivity index (χ0) is 12.4. The van der Waals surface area contributed by atoms with E-state index in [4.69, 9.17) is 5.73 Å². The van der Waals surface area contributed by atoms with E-state index in [1.807, 2.05) is 32.2 Å². The van der Waals surface area contributed by atoms with Gasteiger partial charge in [-0.25, -0.2) is 0 Å². The van der Waals surface area contributed by atoms with Gasteiger partial charge in [-0.3, -0.25) is 4.79 Å². The fourth-order valence-electron chi connectivity index (χ4n) is 2.22. The highest BCUT2D eigenvalue weighted by molar-refractivity contribution is 5.99. The molecule has 1 aromatic carbocycles. The van der Waals surface area contributed by atoms with Gasteiger partial charge in [-0.15, -0.1) is 0 Å². The lowest BCUT2D eigenvalue weighted by Gasteiger charge is -2.30. The Morgan fingerprint density at radius 1 is 1.47 bits per heavy atom. The summed E-state index contributed by atoms with van der Waals surface area (Å²) in [7, 11) is 1.86. The second kappa shape index (κ2) is 4.78. The second-order valence-corrected chi connectivity index (χ2v) is 5.02. The summed E-state index contributed by atoms with van der Waals surface area (Å²) in [5.41, 5.74) is 8.16. The van der Waals surface area contributed by atoms with Gasteiger partial charge in [0.05, 0.1) is 5.56 Å². The lowest BCUT2D eigenvalue weighted by Crippen LogP contribution is -2.34. The molecule has 0 atom stereocenters. The molecule has 0 unspecified atom stereocenters. The Morgan fingerprint density at radius 2 is 2.18 bits per heavy atom. The molecule has 0 saturated heterocycles. The first-order valence-corrected chi connectivity index (χ1v) is 6.20. The fraction of sp³-hybridized carbons (Fsp3) is 0.500. The second-order valence-electron chi connectivity index (χ2n) is 5.02. The van der Waals surface area contributed by atoms with E-state index in [9.17, 15) is 4.79 Å². The number of nitrogen functional groups attached to an aromatic ring is 1. The van der Waals surface area contributed by atoms with Crippen molar-refractivity contribution in [1.29, 1.82) is 0 Å². The molecule has 1 fully saturated rings. The number of hydrogen-bond donors (Lipinski definition) is 1. The first-order valence-electron chi connectivity index (χ1n) is 6.20. The Morgan fingerprint density at radius 3 is 2.76 bits per heavy atom. The molecule has 1 aliphatic carbocycles. The van der Waals surface area contributed by atoms with E-state index < -0.39 is 0 Å². The quantitative estimate of drug-likeness (QED) is 0.814. The zero-order valence-corrected chi connectivity index (χ0v) is 10.6. The van der Waals surface area contributed by atoms with Crippen LogP contribution in [0.5, 0.6) is 0 Å². The molecule has 0 spiro atoms. The number of nitrogens with zero attached hydrogens (tertiary/aromatic N) is 1. The molecule has 0 bridgehead atoms. The Labute approximate surface area is 103 Å². The highest BCUT2D eigenvalue weighted by atomic mass is 16.2. The molecule has 3 nitrogen and oxygen atoms in total. The molecule has 1 amide bonds. The number of hydrogen-bond acceptors (Lipinski definition) is 2. The van der Waals surface area contributed by atoms with Crippen molar-refractivity contribution >= 4 is 11.6 Å². The number of aryl methyl sites for hydroxylation is 1. The van der Waals surface area contributed by atoms with Crippen molar-refractivity contribution in [1.82, 2.24) is 4.90 Å². The van der Waals surface area contributed by atoms with Crippen LogP contribution in [0.4, 0.5) is 5.69 Å². The fourth-order valence-corrected chi connectivity index (χ4v) is 2.22. The average Bonchev–Trinajstić information content (AvgIpc) is 2.26. The van der Waals surface area contributed by atoms with Crippen LogP contribution in [0.2, 0.25) is 0 Å². The Bertz CT molecular complexity index is 424. The molecular formula is C14H20N2O. The smallest absolute Gasteiger partial charge is 0.255 e. The van der Waals surface area contributed by atoms with Crippen molar-refractivity contribution < 1.29 is 4.79 Å². The number of carbonyl (C=O) groups is 1. The maximum absolute atomic E-state index is 12.2. The predicted octanol–water partition coefficient (Wildman–Crippen LogP) is 2.45. The van der Waals surface area contributed by atoms with Crippen LogP contribution in [0.3, 0.4) is 0 Å². The topological polar surface area (TPSA) is 46.3 Å². The van der Waals surface area contributed by atoms with Crippen molar-refractivity contribution in [2.24, 2.45) is 5.92 Å². The first kappa shape index (κ1) is 12.0. The summed E-state index contributed by atoms with van der Waals surface area (Å²) in [6.07, 6.45) is 3.81. The molecule has 0 radical (unpaired) electrons. The summed E-state index contributed by atoms with van der Waals surface area (Å²) in [6, 6.07) is 5.62. The number of amides is 1. The zero-order valence-electron chi connectivity index (χ0n) is 10.6. The van der Waals surface area contributed by atoms with Crippen LogP contribution < -0.4 is 5.73 Å². The van der Waals surface area contributed by atoms with E-state index in [2.05, 4.69) is 0 Å². The molecule has 17 heavy (non-hydrogen) atoms. The van der Waals surface area contributed by atoms with Crippen LogP contribution in [0.25, 0.3) is 0 Å². The normalized spacial score (nSPS) is 15.4. The Balaban J connectivity index is 2.09. The summed E-state index contributed by atoms with van der Waals surface area (Å²) < 4.78 is 0. The minimum absolute atomic E-state index is 0.0399. The monoisotopic (exact) mass is 232 g/mol. The maximum atomic E-state index is 12.2. The molecule has 0 heterocycles. The van der Waals surface area contributed by atoms with E-state index >= 15 is 0 Å². The van der Waals surface area contributed by atoms with Gasteiger partial charge in [0.25, 0.3) is 5.91 Å². The number of rotatable bonds is 3. The van der Waals surface area contributed by atoms with Gasteiger partial charge >= 0.3 is 0 Å². The first-order chi connectivity index (χ1) is 8.09. The van der Waals surface area contributed by atoms with Crippen LogP contribution in [-0.2, 0) is 0 Å². The van der Waals surface area contributed by atoms with Crippen LogP contribution >= 0.6 is 0 Å². The third kappa shape index (κ3) is 2.43. The van der Waals surface area contributed by atoms with Gasteiger partial charge in [-0.1, -0.05) is 18.6 Å². The van der Waals surface area contributed by atoms with Gasteiger partial charge in [0.15, 0.2) is 0 Å². The Kier molecular flexibility index (Phi) is 3.36. The lowest BCUT2D eigenvalue weighted by atomic mass is 9.85. The number of nitrogens with two attached hydrogens (primary N) is 1. The molecule has 0 aromatic heterocycles. The van der Waals surface area contributed by atoms with Crippen molar-refractivity contribution in [3.05, 3.63) is 29.3 Å². The summed E-state index contributed by atoms with van der Waals surface area (Å²) >= 11 is 0. The predicted molar refractivity (Wildman–Crippen MR) is 69.9 cm³/mol. The van der Waals surface area contributed by atoms with Crippen molar-refractivity contribution in [2.45, 2.75) is 26.2 Å². The molecule has 92 valence electrons. The summed E-state index contributed by atoms with van der Waals surface area (Å²) in [4.78, 5) is 14.0. The highest BCUT2D eigenvalue weighted by Gasteiger charge is 2.23. The SMILES string of the molecule is Cc1cccc(C(=O)N(C)CC2CCC2)c1N. The minimum atomic E-state index is 0.0399. The molecule has 2 N–H and O–H groups in total. The van der Waals surface area contributed by atoms with Crippen LogP contribution in [-0.4, -0.2) is 24.4 Å². The van der Waals surface area contributed by atoms with Crippen LogP contribution in [0.15, 0.2) is 18.2 Å². The number of carbonyl (C=O) groups excluding carboxylic acids is 1. The Hall–Kier alpha value is -1.51. The van der Waals surface area contributed by atoms with Crippen molar-refractivity contribution in [3.8, 4) is 0 Å². The highest BCUT2D eigenvalue weighted by Crippen LogP contribution is 2.27. The third-order valence-corrected chi connectivity index (χ3v) is 3.66. The van der Waals surface area contributed by atoms with Gasteiger partial charge in [-0.2, -0.15) is 0 Å². The van der Waals surface area contributed by atoms with Crippen molar-refractivity contribution in [3.63, 3.8) is 0 Å². The van der Waals surface area contributed by atoms with Gasteiger partial charge in [0.1, 0.15) is 0 Å². The lowest BCUT2D eigenvalue weighted by molar-refractivity contribution is 0.0746. The van der Waals surface area contributed by atoms with Gasteiger partial charge in [-0.05, 0) is 37.3 Å². The standard InChI is InChI=1S/C14H20N2O/c1-10-5-3-8-12(13(10)15)14(17)16(2)9-11-6-4-7-11/h3,5,8,11H,4,6-7,9,15H2,1-2H3. The van der Waals surface area contributed by atoms with E-state index in [0.29, 0.717) is 17.2 Å². The molecule has 1 saturated carbocycles. The van der Waals surface area contributed by atoms with Crippen LogP contribution in [0, 0.1) is 12.8 Å². The van der Waals surface area contributed by atoms with E-state index in [1.165, 1.54) is 19.3 Å². The van der Waals surface area contributed by atoms with Gasteiger partial charge in [0, 0.05) is 19.3 Å². The van der Waals surface area contributed by atoms with Crippen LogP contribution in [0.1, 0.15) is 35.2 Å². The largest absolute Gasteiger partial charge is 0.398 e. The third-order valence-electron chi connectivity index (χ3n) is 3.66. The summed E-state index contributed by atoms with van der Waals surface area (Å²) in [5, 5.41) is 0. The van der Waals surface area contributed by atoms with E-state index in [1.54, 1.807) is 4.90 Å². The maximum Gasteiger partial charge on any atom is 0.255 e. The summed E-state index contributed by atoms with van der Waals surface area (Å²) in [6.45, 7) is 2.78. The molecule has 3 heteroatoms. The minimum Gasteiger partial charge on any atom is -0.398 e. The number of benzene rings is 1. The van der Waals surface area contributed by atoms with E-state index in [0.717, 1.165) is 12.1 Å². The number of anilines is 1. The molecule has 1 aromatic rings. The van der Waals surface area contributed by atoms with Gasteiger partial charge in [0.2, 0.25) is 0 Å². The molecular weight excluding hydrogens is 212 g/mol. The van der Waals surface area contributed by atoms with Crippen molar-refractivity contribution in [2.75, 3.05) is 19.3 Å². The molecule has 0 aliphatic heterocycles. The van der Waals surface area contributed by atoms with E-state index in [-0.39, 0.29) is 5.91 Å². The number of para-hydroxylation sites is 1. The summed E-state index contributed by atoms with van der Waals surface area (Å²) in [5.74, 6) is 0.730. The average molecular weight is 232 g/mol. The molecule has 1 aliphatic rings. The van der Waals surface area contributed by atoms with Gasteiger partial charge < -0.3 is 10.6 Å².